The molecular weight excluding hydrogens is 625 g/mol. The second-order valence-electron chi connectivity index (χ2n) is 13.2. The van der Waals surface area contributed by atoms with Crippen molar-refractivity contribution in [1.82, 2.24) is 8.61 Å². The third kappa shape index (κ3) is 8.00. The fourth-order valence-electron chi connectivity index (χ4n) is 7.14. The van der Waals surface area contributed by atoms with E-state index in [1.165, 1.54) is 8.61 Å². The standard InChI is InChI=1S/C34H48N4O6S2/c1-37(29-9-5-3-6-10-29)45(41,42)31-21-17-27(18-22-31)35-33(39)25-13-15-26(16-14-25)34(40)36-28-19-23-32(24-20-28)46(43,44)38(2)30-11-7-4-8-12-30/h17-26,29-30H,3-16H2,1-2H3,(H,35,39)(H,36,40). The van der Waals surface area contributed by atoms with Gasteiger partial charge < -0.3 is 10.6 Å². The van der Waals surface area contributed by atoms with E-state index in [1.807, 2.05) is 0 Å². The van der Waals surface area contributed by atoms with Crippen LogP contribution in [-0.2, 0) is 29.6 Å². The predicted molar refractivity (Wildman–Crippen MR) is 179 cm³/mol. The van der Waals surface area contributed by atoms with Gasteiger partial charge in [-0.1, -0.05) is 38.5 Å². The SMILES string of the molecule is CN(C1CCCCC1)S(=O)(=O)c1ccc(NC(=O)C2CCC(C(=O)Nc3ccc(S(=O)(=O)N(C)C4CCCCC4)cc3)CC2)cc1. The van der Waals surface area contributed by atoms with Crippen molar-refractivity contribution in [3.8, 4) is 0 Å². The minimum Gasteiger partial charge on any atom is -0.326 e. The lowest BCUT2D eigenvalue weighted by Gasteiger charge is -2.30. The van der Waals surface area contributed by atoms with Crippen LogP contribution in [0.1, 0.15) is 89.9 Å². The fourth-order valence-corrected chi connectivity index (χ4v) is 9.97. The largest absolute Gasteiger partial charge is 0.326 e. The Kier molecular flexibility index (Phi) is 11.2. The Bertz CT molecular complexity index is 1440. The number of anilines is 2. The summed E-state index contributed by atoms with van der Waals surface area (Å²) in [6.07, 6.45) is 12.2. The van der Waals surface area contributed by atoms with Crippen molar-refractivity contribution < 1.29 is 26.4 Å². The summed E-state index contributed by atoms with van der Waals surface area (Å²) in [7, 11) is -3.91. The Labute approximate surface area is 274 Å². The number of carbonyl (C=O) groups is 2. The minimum absolute atomic E-state index is 0.0256. The van der Waals surface area contributed by atoms with Gasteiger partial charge in [0.1, 0.15) is 0 Å². The van der Waals surface area contributed by atoms with Crippen LogP contribution in [0.15, 0.2) is 58.3 Å². The topological polar surface area (TPSA) is 133 Å². The lowest BCUT2D eigenvalue weighted by Crippen LogP contribution is -2.38. The lowest BCUT2D eigenvalue weighted by atomic mass is 9.81. The number of nitrogens with one attached hydrogen (secondary N) is 2. The third-order valence-corrected chi connectivity index (χ3v) is 14.1. The third-order valence-electron chi connectivity index (χ3n) is 10.2. The highest BCUT2D eigenvalue weighted by molar-refractivity contribution is 7.89. The molecule has 0 saturated heterocycles. The van der Waals surface area contributed by atoms with E-state index in [9.17, 15) is 26.4 Å². The van der Waals surface area contributed by atoms with Crippen molar-refractivity contribution in [2.45, 2.75) is 112 Å². The first-order valence-electron chi connectivity index (χ1n) is 16.7. The van der Waals surface area contributed by atoms with E-state index < -0.39 is 20.0 Å². The molecule has 2 aromatic rings. The summed E-state index contributed by atoms with van der Waals surface area (Å²) in [5.41, 5.74) is 1.08. The zero-order valence-corrected chi connectivity index (χ0v) is 28.6. The molecule has 2 aromatic carbocycles. The van der Waals surface area contributed by atoms with Gasteiger partial charge in [0, 0.05) is 49.4 Å². The first-order chi connectivity index (χ1) is 22.0. The van der Waals surface area contributed by atoms with E-state index in [2.05, 4.69) is 10.6 Å². The van der Waals surface area contributed by atoms with Crippen molar-refractivity contribution in [2.75, 3.05) is 24.7 Å². The van der Waals surface area contributed by atoms with E-state index in [1.54, 1.807) is 62.6 Å². The summed E-state index contributed by atoms with van der Waals surface area (Å²) in [5.74, 6) is -0.751. The number of amides is 2. The molecule has 0 aliphatic heterocycles. The summed E-state index contributed by atoms with van der Waals surface area (Å²) < 4.78 is 55.5. The molecule has 0 spiro atoms. The summed E-state index contributed by atoms with van der Waals surface area (Å²) in [5, 5.41) is 5.82. The number of nitrogens with zero attached hydrogens (tertiary/aromatic N) is 2. The molecule has 0 radical (unpaired) electrons. The molecular formula is C34H48N4O6S2. The molecule has 0 heterocycles. The van der Waals surface area contributed by atoms with Crippen LogP contribution in [-0.4, -0.2) is 63.4 Å². The van der Waals surface area contributed by atoms with Crippen molar-refractivity contribution >= 4 is 43.2 Å². The Balaban J connectivity index is 1.09. The molecule has 3 aliphatic carbocycles. The van der Waals surface area contributed by atoms with E-state index >= 15 is 0 Å². The second-order valence-corrected chi connectivity index (χ2v) is 17.2. The van der Waals surface area contributed by atoms with E-state index in [-0.39, 0.29) is 45.5 Å². The molecule has 0 atom stereocenters. The van der Waals surface area contributed by atoms with Crippen molar-refractivity contribution in [3.63, 3.8) is 0 Å². The molecule has 10 nitrogen and oxygen atoms in total. The van der Waals surface area contributed by atoms with Crippen molar-refractivity contribution in [2.24, 2.45) is 11.8 Å². The maximum atomic E-state index is 13.1. The Hall–Kier alpha value is -2.80. The molecule has 252 valence electrons. The highest BCUT2D eigenvalue weighted by Crippen LogP contribution is 2.32. The molecule has 2 amide bonds. The van der Waals surface area contributed by atoms with E-state index in [4.69, 9.17) is 0 Å². The van der Waals surface area contributed by atoms with Crippen molar-refractivity contribution in [1.29, 1.82) is 0 Å². The zero-order chi connectivity index (χ0) is 32.9. The average Bonchev–Trinajstić information content (AvgIpc) is 3.08. The fraction of sp³-hybridized carbons (Fsp3) is 0.588. The number of benzene rings is 2. The molecule has 12 heteroatoms. The van der Waals surface area contributed by atoms with Gasteiger partial charge in [-0.3, -0.25) is 9.59 Å². The molecule has 0 unspecified atom stereocenters. The Morgan fingerprint density at radius 3 is 1.13 bits per heavy atom. The predicted octanol–water partition coefficient (Wildman–Crippen LogP) is 5.98. The first kappa shape index (κ1) is 34.5. The first-order valence-corrected chi connectivity index (χ1v) is 19.6. The van der Waals surface area contributed by atoms with Crippen LogP contribution >= 0.6 is 0 Å². The van der Waals surface area contributed by atoms with Crippen LogP contribution in [0.2, 0.25) is 0 Å². The molecule has 2 N–H and O–H groups in total. The summed E-state index contributed by atoms with van der Waals surface area (Å²) >= 11 is 0. The van der Waals surface area contributed by atoms with Crippen LogP contribution < -0.4 is 10.6 Å². The number of hydrogen-bond donors (Lipinski definition) is 2. The van der Waals surface area contributed by atoms with Gasteiger partial charge in [-0.15, -0.1) is 0 Å². The smallest absolute Gasteiger partial charge is 0.243 e. The van der Waals surface area contributed by atoms with E-state index in [0.717, 1.165) is 64.2 Å². The monoisotopic (exact) mass is 672 g/mol. The number of sulfonamides is 2. The highest BCUT2D eigenvalue weighted by Gasteiger charge is 2.32. The van der Waals surface area contributed by atoms with Gasteiger partial charge in [0.2, 0.25) is 31.9 Å². The number of hydrogen-bond acceptors (Lipinski definition) is 6. The molecule has 5 rings (SSSR count). The van der Waals surface area contributed by atoms with Gasteiger partial charge in [0.05, 0.1) is 9.79 Å². The maximum absolute atomic E-state index is 13.1. The molecule has 3 fully saturated rings. The van der Waals surface area contributed by atoms with Gasteiger partial charge in [-0.2, -0.15) is 8.61 Å². The van der Waals surface area contributed by atoms with Crippen LogP contribution in [0, 0.1) is 11.8 Å². The van der Waals surface area contributed by atoms with Crippen LogP contribution in [0.4, 0.5) is 11.4 Å². The lowest BCUT2D eigenvalue weighted by molar-refractivity contribution is -0.125. The average molecular weight is 673 g/mol. The quantitative estimate of drug-likeness (QED) is 0.319. The molecule has 0 bridgehead atoms. The normalized spacial score (nSPS) is 22.1. The minimum atomic E-state index is -3.60. The van der Waals surface area contributed by atoms with Gasteiger partial charge >= 0.3 is 0 Å². The van der Waals surface area contributed by atoms with Gasteiger partial charge in [-0.25, -0.2) is 16.8 Å². The van der Waals surface area contributed by atoms with Crippen LogP contribution in [0.5, 0.6) is 0 Å². The summed E-state index contributed by atoms with van der Waals surface area (Å²) in [6, 6.07) is 12.7. The highest BCUT2D eigenvalue weighted by atomic mass is 32.2. The van der Waals surface area contributed by atoms with Crippen LogP contribution in [0.3, 0.4) is 0 Å². The number of carbonyl (C=O) groups excluding carboxylic acids is 2. The summed E-state index contributed by atoms with van der Waals surface area (Å²) in [6.45, 7) is 0. The molecule has 0 aromatic heterocycles. The molecule has 46 heavy (non-hydrogen) atoms. The van der Waals surface area contributed by atoms with Gasteiger partial charge in [-0.05, 0) is 99.9 Å². The number of rotatable bonds is 10. The van der Waals surface area contributed by atoms with Crippen molar-refractivity contribution in [3.05, 3.63) is 48.5 Å². The van der Waals surface area contributed by atoms with E-state index in [0.29, 0.717) is 37.1 Å². The molecule has 3 saturated carbocycles. The maximum Gasteiger partial charge on any atom is 0.243 e. The Morgan fingerprint density at radius 1 is 0.522 bits per heavy atom. The van der Waals surface area contributed by atoms with Gasteiger partial charge in [0.25, 0.3) is 0 Å². The zero-order valence-electron chi connectivity index (χ0n) is 27.0. The Morgan fingerprint density at radius 2 is 0.826 bits per heavy atom. The summed E-state index contributed by atoms with van der Waals surface area (Å²) in [4.78, 5) is 26.4. The molecule has 3 aliphatic rings. The van der Waals surface area contributed by atoms with Crippen LogP contribution in [0.25, 0.3) is 0 Å². The second kappa shape index (κ2) is 15.0. The van der Waals surface area contributed by atoms with Gasteiger partial charge in [0.15, 0.2) is 0 Å².